The number of benzene rings is 1. The van der Waals surface area contributed by atoms with Gasteiger partial charge >= 0.3 is 5.97 Å². The molecule has 1 saturated heterocycles. The minimum Gasteiger partial charge on any atom is -0.481 e. The van der Waals surface area contributed by atoms with Crippen molar-refractivity contribution in [2.24, 2.45) is 0 Å². The third-order valence-electron chi connectivity index (χ3n) is 3.03. The van der Waals surface area contributed by atoms with E-state index in [1.54, 1.807) is 0 Å². The summed E-state index contributed by atoms with van der Waals surface area (Å²) in [6.45, 7) is -0.0606. The van der Waals surface area contributed by atoms with Crippen LogP contribution in [0, 0.1) is 11.6 Å². The van der Waals surface area contributed by atoms with Crippen LogP contribution < -0.4 is 0 Å². The van der Waals surface area contributed by atoms with Crippen LogP contribution in [-0.4, -0.2) is 49.6 Å². The van der Waals surface area contributed by atoms with Crippen LogP contribution in [-0.2, 0) is 19.6 Å². The lowest BCUT2D eigenvalue weighted by atomic mass is 10.2. The Morgan fingerprint density at radius 3 is 2.52 bits per heavy atom. The number of rotatable bonds is 4. The van der Waals surface area contributed by atoms with Crippen LogP contribution in [0.25, 0.3) is 0 Å². The van der Waals surface area contributed by atoms with E-state index in [2.05, 4.69) is 0 Å². The first-order valence-corrected chi connectivity index (χ1v) is 7.52. The number of morpholine rings is 1. The molecule has 0 aromatic heterocycles. The molecule has 0 aliphatic carbocycles. The first-order chi connectivity index (χ1) is 9.80. The highest BCUT2D eigenvalue weighted by atomic mass is 32.2. The highest BCUT2D eigenvalue weighted by Gasteiger charge is 2.35. The van der Waals surface area contributed by atoms with Crippen LogP contribution in [0.2, 0.25) is 0 Å². The monoisotopic (exact) mass is 321 g/mol. The Hall–Kier alpha value is -1.58. The second-order valence-corrected chi connectivity index (χ2v) is 6.44. The number of aliphatic carboxylic acids is 1. The van der Waals surface area contributed by atoms with Gasteiger partial charge in [-0.3, -0.25) is 4.79 Å². The van der Waals surface area contributed by atoms with Gasteiger partial charge in [-0.2, -0.15) is 4.31 Å². The topological polar surface area (TPSA) is 83.9 Å². The number of nitrogens with zero attached hydrogens (tertiary/aromatic N) is 1. The lowest BCUT2D eigenvalue weighted by Crippen LogP contribution is -2.49. The van der Waals surface area contributed by atoms with Crippen LogP contribution in [0.15, 0.2) is 23.1 Å². The van der Waals surface area contributed by atoms with E-state index in [1.807, 2.05) is 0 Å². The van der Waals surface area contributed by atoms with Crippen molar-refractivity contribution in [2.75, 3.05) is 19.8 Å². The van der Waals surface area contributed by atoms with Crippen molar-refractivity contribution in [3.8, 4) is 0 Å². The van der Waals surface area contributed by atoms with E-state index in [4.69, 9.17) is 9.84 Å². The maximum absolute atomic E-state index is 13.2. The summed E-state index contributed by atoms with van der Waals surface area (Å²) in [6, 6.07) is 1.05. The second-order valence-electron chi connectivity index (χ2n) is 4.55. The zero-order valence-corrected chi connectivity index (χ0v) is 11.6. The molecule has 1 atom stereocenters. The van der Waals surface area contributed by atoms with E-state index in [-0.39, 0.29) is 19.8 Å². The smallest absolute Gasteiger partial charge is 0.305 e. The molecule has 1 N–H and O–H groups in total. The summed E-state index contributed by atoms with van der Waals surface area (Å²) < 4.78 is 57.2. The molecule has 2 rings (SSSR count). The molecule has 1 heterocycles. The highest BCUT2D eigenvalue weighted by Crippen LogP contribution is 2.23. The SMILES string of the molecule is O=C(O)CC1COCCN1S(=O)(=O)c1cc(F)cc(F)c1. The Morgan fingerprint density at radius 1 is 1.33 bits per heavy atom. The fraction of sp³-hybridized carbons (Fsp3) is 0.417. The summed E-state index contributed by atoms with van der Waals surface area (Å²) in [6.07, 6.45) is -0.447. The zero-order valence-electron chi connectivity index (χ0n) is 10.8. The van der Waals surface area contributed by atoms with E-state index in [0.717, 1.165) is 4.31 Å². The van der Waals surface area contributed by atoms with Gasteiger partial charge in [-0.15, -0.1) is 0 Å². The van der Waals surface area contributed by atoms with Crippen molar-refractivity contribution >= 4 is 16.0 Å². The van der Waals surface area contributed by atoms with Crippen LogP contribution in [0.3, 0.4) is 0 Å². The molecule has 21 heavy (non-hydrogen) atoms. The quantitative estimate of drug-likeness (QED) is 0.888. The number of hydrogen-bond acceptors (Lipinski definition) is 4. The molecule has 1 aromatic rings. The lowest BCUT2D eigenvalue weighted by molar-refractivity contribution is -0.139. The fourth-order valence-electron chi connectivity index (χ4n) is 2.13. The number of halogens is 2. The molecule has 0 saturated carbocycles. The molecular weight excluding hydrogens is 308 g/mol. The largest absolute Gasteiger partial charge is 0.481 e. The summed E-state index contributed by atoms with van der Waals surface area (Å²) in [7, 11) is -4.19. The molecule has 1 aliphatic rings. The van der Waals surface area contributed by atoms with Gasteiger partial charge in [0.2, 0.25) is 10.0 Å². The van der Waals surface area contributed by atoms with Gasteiger partial charge < -0.3 is 9.84 Å². The fourth-order valence-corrected chi connectivity index (χ4v) is 3.77. The summed E-state index contributed by atoms with van der Waals surface area (Å²) in [5.41, 5.74) is 0. The molecule has 1 aromatic carbocycles. The van der Waals surface area contributed by atoms with Crippen LogP contribution in [0.5, 0.6) is 0 Å². The average molecular weight is 321 g/mol. The van der Waals surface area contributed by atoms with Crippen molar-refractivity contribution in [1.82, 2.24) is 4.31 Å². The third kappa shape index (κ3) is 3.55. The van der Waals surface area contributed by atoms with Gasteiger partial charge in [-0.25, -0.2) is 17.2 Å². The van der Waals surface area contributed by atoms with Crippen molar-refractivity contribution < 1.29 is 31.8 Å². The van der Waals surface area contributed by atoms with Gasteiger partial charge in [-0.05, 0) is 12.1 Å². The summed E-state index contributed by atoms with van der Waals surface area (Å²) >= 11 is 0. The van der Waals surface area contributed by atoms with Gasteiger partial charge in [0.25, 0.3) is 0 Å². The highest BCUT2D eigenvalue weighted by molar-refractivity contribution is 7.89. The average Bonchev–Trinajstić information content (AvgIpc) is 2.37. The summed E-state index contributed by atoms with van der Waals surface area (Å²) in [4.78, 5) is 10.2. The van der Waals surface area contributed by atoms with E-state index in [1.165, 1.54) is 0 Å². The molecule has 116 valence electrons. The molecule has 9 heteroatoms. The first-order valence-electron chi connectivity index (χ1n) is 6.08. The Labute approximate surface area is 120 Å². The number of sulfonamides is 1. The molecule has 0 bridgehead atoms. The van der Waals surface area contributed by atoms with E-state index >= 15 is 0 Å². The number of ether oxygens (including phenoxy) is 1. The first kappa shape index (κ1) is 15.8. The van der Waals surface area contributed by atoms with E-state index < -0.39 is 45.0 Å². The molecule has 0 amide bonds. The number of carboxylic acid groups (broad SMARTS) is 1. The maximum Gasteiger partial charge on any atom is 0.305 e. The minimum atomic E-state index is -4.19. The van der Waals surface area contributed by atoms with Crippen molar-refractivity contribution in [3.63, 3.8) is 0 Å². The van der Waals surface area contributed by atoms with Crippen LogP contribution in [0.1, 0.15) is 6.42 Å². The minimum absolute atomic E-state index is 0.0710. The molecule has 0 radical (unpaired) electrons. The number of carbonyl (C=O) groups is 1. The summed E-state index contributed by atoms with van der Waals surface area (Å²) in [5, 5.41) is 8.81. The van der Waals surface area contributed by atoms with Gasteiger partial charge in [0.15, 0.2) is 0 Å². The molecular formula is C12H13F2NO5S. The lowest BCUT2D eigenvalue weighted by Gasteiger charge is -2.33. The van der Waals surface area contributed by atoms with Crippen LogP contribution >= 0.6 is 0 Å². The van der Waals surface area contributed by atoms with Gasteiger partial charge in [-0.1, -0.05) is 0 Å². The molecule has 1 fully saturated rings. The van der Waals surface area contributed by atoms with Gasteiger partial charge in [0, 0.05) is 12.6 Å². The Kier molecular flexibility index (Phi) is 4.55. The Bertz CT molecular complexity index is 629. The van der Waals surface area contributed by atoms with Gasteiger partial charge in [0.05, 0.1) is 30.6 Å². The molecule has 0 spiro atoms. The van der Waals surface area contributed by atoms with Crippen LogP contribution in [0.4, 0.5) is 8.78 Å². The van der Waals surface area contributed by atoms with E-state index in [9.17, 15) is 22.0 Å². The third-order valence-corrected chi connectivity index (χ3v) is 4.96. The molecule has 1 unspecified atom stereocenters. The van der Waals surface area contributed by atoms with Crippen molar-refractivity contribution in [3.05, 3.63) is 29.8 Å². The van der Waals surface area contributed by atoms with E-state index in [0.29, 0.717) is 18.2 Å². The Morgan fingerprint density at radius 2 is 1.95 bits per heavy atom. The standard InChI is InChI=1S/C12H13F2NO5S/c13-8-3-9(14)5-11(4-8)21(18,19)15-1-2-20-7-10(15)6-12(16)17/h3-5,10H,1-2,6-7H2,(H,16,17). The predicted molar refractivity (Wildman–Crippen MR) is 67.1 cm³/mol. The zero-order chi connectivity index (χ0) is 15.6. The Balaban J connectivity index is 2.37. The normalized spacial score (nSPS) is 20.4. The van der Waals surface area contributed by atoms with Crippen molar-refractivity contribution in [2.45, 2.75) is 17.4 Å². The number of carboxylic acids is 1. The molecule has 6 nitrogen and oxygen atoms in total. The molecule has 1 aliphatic heterocycles. The van der Waals surface area contributed by atoms with Gasteiger partial charge in [0.1, 0.15) is 11.6 Å². The van der Waals surface area contributed by atoms with Crippen molar-refractivity contribution in [1.29, 1.82) is 0 Å². The summed E-state index contributed by atoms with van der Waals surface area (Å²) in [5.74, 6) is -3.22. The number of hydrogen-bond donors (Lipinski definition) is 1. The second kappa shape index (κ2) is 6.04. The predicted octanol–water partition coefficient (Wildman–Crippen LogP) is 0.829. The maximum atomic E-state index is 13.2.